The molecule has 1 unspecified atom stereocenters. The van der Waals surface area contributed by atoms with Crippen LogP contribution in [0.1, 0.15) is 16.8 Å². The van der Waals surface area contributed by atoms with E-state index in [2.05, 4.69) is 9.97 Å². The van der Waals surface area contributed by atoms with Gasteiger partial charge in [-0.2, -0.15) is 0 Å². The number of thioether (sulfide) groups is 1. The minimum absolute atomic E-state index is 0.0258. The van der Waals surface area contributed by atoms with Gasteiger partial charge in [0.2, 0.25) is 5.88 Å². The zero-order valence-electron chi connectivity index (χ0n) is 12.3. The van der Waals surface area contributed by atoms with Crippen LogP contribution >= 0.6 is 11.8 Å². The van der Waals surface area contributed by atoms with E-state index in [1.165, 1.54) is 0 Å². The van der Waals surface area contributed by atoms with Gasteiger partial charge in [-0.05, 0) is 18.4 Å². The average molecular weight is 315 g/mol. The van der Waals surface area contributed by atoms with Gasteiger partial charge in [-0.15, -0.1) is 11.8 Å². The Labute approximate surface area is 133 Å². The molecule has 1 aromatic carbocycles. The molecule has 1 aromatic heterocycles. The molecule has 0 N–H and O–H groups in total. The molecule has 22 heavy (non-hydrogen) atoms. The van der Waals surface area contributed by atoms with E-state index < -0.39 is 0 Å². The zero-order valence-corrected chi connectivity index (χ0v) is 13.1. The Bertz CT molecular complexity index is 651. The molecule has 5 nitrogen and oxygen atoms in total. The second-order valence-electron chi connectivity index (χ2n) is 5.02. The zero-order chi connectivity index (χ0) is 15.4. The average Bonchev–Trinajstić information content (AvgIpc) is 3.03. The van der Waals surface area contributed by atoms with Gasteiger partial charge >= 0.3 is 0 Å². The fraction of sp³-hybridized carbons (Fsp3) is 0.312. The maximum Gasteiger partial charge on any atom is 0.255 e. The molecule has 1 saturated heterocycles. The third-order valence-electron chi connectivity index (χ3n) is 3.60. The lowest BCUT2D eigenvalue weighted by Gasteiger charge is -2.18. The molecule has 1 aliphatic heterocycles. The molecule has 0 aliphatic carbocycles. The number of benzene rings is 1. The number of amides is 1. The summed E-state index contributed by atoms with van der Waals surface area (Å²) in [6, 6.07) is 7.70. The fourth-order valence-corrected chi connectivity index (χ4v) is 3.11. The highest BCUT2D eigenvalue weighted by molar-refractivity contribution is 7.98. The van der Waals surface area contributed by atoms with Crippen molar-refractivity contribution in [3.05, 3.63) is 48.4 Å². The van der Waals surface area contributed by atoms with Crippen molar-refractivity contribution in [3.8, 4) is 5.88 Å². The lowest BCUT2D eigenvalue weighted by Crippen LogP contribution is -2.31. The van der Waals surface area contributed by atoms with E-state index in [-0.39, 0.29) is 12.0 Å². The number of rotatable bonds is 4. The van der Waals surface area contributed by atoms with Crippen LogP contribution in [-0.4, -0.2) is 46.2 Å². The number of likely N-dealkylation sites (tertiary alicyclic amines) is 1. The Morgan fingerprint density at radius 3 is 3.00 bits per heavy atom. The molecular formula is C16H17N3O2S. The van der Waals surface area contributed by atoms with E-state index in [4.69, 9.17) is 4.74 Å². The maximum absolute atomic E-state index is 12.7. The van der Waals surface area contributed by atoms with Gasteiger partial charge in [0, 0.05) is 30.3 Å². The predicted molar refractivity (Wildman–Crippen MR) is 85.2 cm³/mol. The van der Waals surface area contributed by atoms with Crippen LogP contribution in [0, 0.1) is 0 Å². The third kappa shape index (κ3) is 3.22. The molecule has 1 fully saturated rings. The second-order valence-corrected chi connectivity index (χ2v) is 5.87. The van der Waals surface area contributed by atoms with Crippen molar-refractivity contribution in [2.75, 3.05) is 19.3 Å². The number of aromatic nitrogens is 2. The highest BCUT2D eigenvalue weighted by Crippen LogP contribution is 2.24. The van der Waals surface area contributed by atoms with E-state index in [0.717, 1.165) is 16.9 Å². The monoisotopic (exact) mass is 315 g/mol. The van der Waals surface area contributed by atoms with Crippen LogP contribution < -0.4 is 4.74 Å². The molecule has 1 atom stereocenters. The Balaban J connectivity index is 1.66. The van der Waals surface area contributed by atoms with Crippen molar-refractivity contribution in [1.82, 2.24) is 14.9 Å². The van der Waals surface area contributed by atoms with Gasteiger partial charge < -0.3 is 9.64 Å². The number of hydrogen-bond donors (Lipinski definition) is 0. The van der Waals surface area contributed by atoms with Gasteiger partial charge in [0.05, 0.1) is 18.3 Å². The number of hydrogen-bond acceptors (Lipinski definition) is 5. The first-order valence-corrected chi connectivity index (χ1v) is 8.35. The number of ether oxygens (including phenoxy) is 1. The van der Waals surface area contributed by atoms with Gasteiger partial charge in [0.15, 0.2) is 0 Å². The highest BCUT2D eigenvalue weighted by atomic mass is 32.2. The molecule has 0 spiro atoms. The number of carbonyl (C=O) groups excluding carboxylic acids is 1. The summed E-state index contributed by atoms with van der Waals surface area (Å²) in [7, 11) is 0. The fourth-order valence-electron chi connectivity index (χ4n) is 2.52. The normalized spacial score (nSPS) is 17.5. The number of carbonyl (C=O) groups is 1. The van der Waals surface area contributed by atoms with E-state index in [1.807, 2.05) is 35.4 Å². The van der Waals surface area contributed by atoms with Crippen molar-refractivity contribution >= 4 is 17.7 Å². The molecule has 6 heteroatoms. The third-order valence-corrected chi connectivity index (χ3v) is 4.39. The maximum atomic E-state index is 12.7. The summed E-state index contributed by atoms with van der Waals surface area (Å²) in [5, 5.41) is 0. The van der Waals surface area contributed by atoms with E-state index in [0.29, 0.717) is 19.0 Å². The molecule has 0 radical (unpaired) electrons. The summed E-state index contributed by atoms with van der Waals surface area (Å²) in [6.07, 6.45) is 7.56. The smallest absolute Gasteiger partial charge is 0.255 e. The van der Waals surface area contributed by atoms with Crippen molar-refractivity contribution in [1.29, 1.82) is 0 Å². The molecule has 1 amide bonds. The summed E-state index contributed by atoms with van der Waals surface area (Å²) < 4.78 is 5.78. The Morgan fingerprint density at radius 2 is 2.23 bits per heavy atom. The van der Waals surface area contributed by atoms with Crippen LogP contribution in [0.5, 0.6) is 5.88 Å². The largest absolute Gasteiger partial charge is 0.471 e. The molecule has 0 bridgehead atoms. The minimum atomic E-state index is -0.0258. The standard InChI is InChI=1S/C16H17N3O2S/c1-22-14-5-3-2-4-13(14)16(20)19-9-6-12(11-19)21-15-10-17-7-8-18-15/h2-5,7-8,10,12H,6,9,11H2,1H3. The van der Waals surface area contributed by atoms with Gasteiger partial charge in [0.25, 0.3) is 5.91 Å². The van der Waals surface area contributed by atoms with Crippen LogP contribution in [0.15, 0.2) is 47.8 Å². The molecule has 1 aliphatic rings. The first-order chi connectivity index (χ1) is 10.8. The Morgan fingerprint density at radius 1 is 1.36 bits per heavy atom. The van der Waals surface area contributed by atoms with Gasteiger partial charge in [-0.1, -0.05) is 12.1 Å². The summed E-state index contributed by atoms with van der Waals surface area (Å²) in [5.41, 5.74) is 0.759. The number of nitrogens with zero attached hydrogens (tertiary/aromatic N) is 3. The molecule has 2 heterocycles. The molecular weight excluding hydrogens is 298 g/mol. The van der Waals surface area contributed by atoms with Crippen LogP contribution in [-0.2, 0) is 0 Å². The second kappa shape index (κ2) is 6.79. The highest BCUT2D eigenvalue weighted by Gasteiger charge is 2.29. The molecule has 114 valence electrons. The summed E-state index contributed by atoms with van der Waals surface area (Å²) in [4.78, 5) is 23.6. The van der Waals surface area contributed by atoms with Gasteiger partial charge in [-0.3, -0.25) is 9.78 Å². The molecule has 3 rings (SSSR count). The van der Waals surface area contributed by atoms with Crippen molar-refractivity contribution in [2.45, 2.75) is 17.4 Å². The van der Waals surface area contributed by atoms with Crippen molar-refractivity contribution < 1.29 is 9.53 Å². The predicted octanol–water partition coefficient (Wildman–Crippen LogP) is 2.49. The lowest BCUT2D eigenvalue weighted by molar-refractivity contribution is 0.0767. The van der Waals surface area contributed by atoms with Crippen molar-refractivity contribution in [2.24, 2.45) is 0 Å². The van der Waals surface area contributed by atoms with Crippen molar-refractivity contribution in [3.63, 3.8) is 0 Å². The van der Waals surface area contributed by atoms with Crippen LogP contribution in [0.3, 0.4) is 0 Å². The van der Waals surface area contributed by atoms with Gasteiger partial charge in [-0.25, -0.2) is 4.98 Å². The van der Waals surface area contributed by atoms with Crippen LogP contribution in [0.4, 0.5) is 0 Å². The topological polar surface area (TPSA) is 55.3 Å². The summed E-state index contributed by atoms with van der Waals surface area (Å²) in [6.45, 7) is 1.28. The Hall–Kier alpha value is -2.08. The van der Waals surface area contributed by atoms with Crippen LogP contribution in [0.2, 0.25) is 0 Å². The van der Waals surface area contributed by atoms with E-state index in [9.17, 15) is 4.79 Å². The quantitative estimate of drug-likeness (QED) is 0.811. The molecule has 0 saturated carbocycles. The Kier molecular flexibility index (Phi) is 4.58. The first-order valence-electron chi connectivity index (χ1n) is 7.13. The first kappa shape index (κ1) is 14.8. The minimum Gasteiger partial charge on any atom is -0.471 e. The van der Waals surface area contributed by atoms with Gasteiger partial charge in [0.1, 0.15) is 6.10 Å². The SMILES string of the molecule is CSc1ccccc1C(=O)N1CCC(Oc2cnccn2)C1. The lowest BCUT2D eigenvalue weighted by atomic mass is 10.2. The summed E-state index contributed by atoms with van der Waals surface area (Å²) in [5.74, 6) is 0.571. The van der Waals surface area contributed by atoms with E-state index in [1.54, 1.807) is 30.4 Å². The van der Waals surface area contributed by atoms with Crippen LogP contribution in [0.25, 0.3) is 0 Å². The summed E-state index contributed by atoms with van der Waals surface area (Å²) >= 11 is 1.59. The van der Waals surface area contributed by atoms with E-state index >= 15 is 0 Å². The molecule has 2 aromatic rings.